The van der Waals surface area contributed by atoms with Gasteiger partial charge in [0.2, 0.25) is 0 Å². The topological polar surface area (TPSA) is 3.24 Å². The molecule has 21 heavy (non-hydrogen) atoms. The summed E-state index contributed by atoms with van der Waals surface area (Å²) in [7, 11) is 0. The molecule has 1 nitrogen and oxygen atoms in total. The molecule has 0 unspecified atom stereocenters. The molecule has 2 fully saturated rings. The van der Waals surface area contributed by atoms with Crippen LogP contribution >= 0.6 is 0 Å². The molecule has 0 bridgehead atoms. The molecule has 0 radical (unpaired) electrons. The molecule has 0 atom stereocenters. The van der Waals surface area contributed by atoms with Gasteiger partial charge in [0.15, 0.2) is 0 Å². The van der Waals surface area contributed by atoms with Crippen molar-refractivity contribution in [1.82, 2.24) is 4.90 Å². The van der Waals surface area contributed by atoms with Crippen molar-refractivity contribution in [2.45, 2.75) is 103 Å². The third-order valence-electron chi connectivity index (χ3n) is 5.69. The number of hydrogen-bond donors (Lipinski definition) is 0. The Hall–Kier alpha value is -0.0400. The lowest BCUT2D eigenvalue weighted by Crippen LogP contribution is -2.32. The molecule has 0 aromatic heterocycles. The average molecular weight is 294 g/mol. The van der Waals surface area contributed by atoms with E-state index in [4.69, 9.17) is 0 Å². The van der Waals surface area contributed by atoms with E-state index in [1.807, 2.05) is 0 Å². The number of hydrogen-bond acceptors (Lipinski definition) is 1. The summed E-state index contributed by atoms with van der Waals surface area (Å²) >= 11 is 0. The molecule has 0 aromatic rings. The lowest BCUT2D eigenvalue weighted by molar-refractivity contribution is 0.200. The van der Waals surface area contributed by atoms with Crippen molar-refractivity contribution in [2.75, 3.05) is 19.6 Å². The van der Waals surface area contributed by atoms with Crippen LogP contribution in [0.1, 0.15) is 103 Å². The third-order valence-corrected chi connectivity index (χ3v) is 5.69. The van der Waals surface area contributed by atoms with Crippen molar-refractivity contribution < 1.29 is 0 Å². The summed E-state index contributed by atoms with van der Waals surface area (Å²) in [6.45, 7) is 4.19. The molecule has 2 rings (SSSR count). The standard InChI is InChI=1S/C20H39N/c1-3-7-11-15-20(16-12-8-4-1)19-21-17-13-9-5-2-6-10-14-18-21/h20H,1-19H2. The summed E-state index contributed by atoms with van der Waals surface area (Å²) in [5, 5.41) is 0. The van der Waals surface area contributed by atoms with Crippen molar-refractivity contribution in [1.29, 1.82) is 0 Å². The highest BCUT2D eigenvalue weighted by molar-refractivity contribution is 4.69. The Kier molecular flexibility index (Phi) is 9.50. The van der Waals surface area contributed by atoms with Crippen LogP contribution < -0.4 is 0 Å². The van der Waals surface area contributed by atoms with Crippen LogP contribution in [-0.2, 0) is 0 Å². The Morgan fingerprint density at radius 1 is 0.476 bits per heavy atom. The lowest BCUT2D eigenvalue weighted by atomic mass is 9.91. The molecule has 1 heteroatoms. The van der Waals surface area contributed by atoms with Crippen LogP contribution in [0, 0.1) is 5.92 Å². The van der Waals surface area contributed by atoms with Gasteiger partial charge in [0.05, 0.1) is 0 Å². The van der Waals surface area contributed by atoms with Crippen LogP contribution in [0.25, 0.3) is 0 Å². The van der Waals surface area contributed by atoms with Crippen molar-refractivity contribution in [3.8, 4) is 0 Å². The minimum atomic E-state index is 1.01. The van der Waals surface area contributed by atoms with E-state index < -0.39 is 0 Å². The molecular formula is C20H39N. The van der Waals surface area contributed by atoms with Gasteiger partial charge in [-0.15, -0.1) is 0 Å². The van der Waals surface area contributed by atoms with Gasteiger partial charge < -0.3 is 4.90 Å². The van der Waals surface area contributed by atoms with Gasteiger partial charge in [-0.05, 0) is 44.7 Å². The Balaban J connectivity index is 1.74. The molecule has 124 valence electrons. The van der Waals surface area contributed by atoms with Gasteiger partial charge in [0, 0.05) is 6.54 Å². The predicted octanol–water partition coefficient (Wildman–Crippen LogP) is 6.17. The first-order valence-electron chi connectivity index (χ1n) is 10.2. The van der Waals surface area contributed by atoms with Crippen molar-refractivity contribution >= 4 is 0 Å². The number of rotatable bonds is 2. The third kappa shape index (κ3) is 8.24. The highest BCUT2D eigenvalue weighted by atomic mass is 15.1. The second-order valence-corrected chi connectivity index (χ2v) is 7.69. The van der Waals surface area contributed by atoms with E-state index in [1.54, 1.807) is 0 Å². The molecule has 0 spiro atoms. The molecule has 1 heterocycles. The van der Waals surface area contributed by atoms with Crippen LogP contribution in [0.3, 0.4) is 0 Å². The molecule has 1 saturated heterocycles. The molecular weight excluding hydrogens is 254 g/mol. The van der Waals surface area contributed by atoms with E-state index in [0.29, 0.717) is 0 Å². The fraction of sp³-hybridized carbons (Fsp3) is 1.00. The van der Waals surface area contributed by atoms with E-state index >= 15 is 0 Å². The van der Waals surface area contributed by atoms with Gasteiger partial charge in [-0.2, -0.15) is 0 Å². The van der Waals surface area contributed by atoms with Crippen LogP contribution in [0.4, 0.5) is 0 Å². The van der Waals surface area contributed by atoms with Crippen molar-refractivity contribution in [3.63, 3.8) is 0 Å². The second-order valence-electron chi connectivity index (χ2n) is 7.69. The maximum Gasteiger partial charge on any atom is 0.000965 e. The first kappa shape index (κ1) is 17.3. The first-order chi connectivity index (χ1) is 10.4. The zero-order chi connectivity index (χ0) is 14.6. The van der Waals surface area contributed by atoms with Crippen LogP contribution in [0.15, 0.2) is 0 Å². The molecule has 1 saturated carbocycles. The highest BCUT2D eigenvalue weighted by Gasteiger charge is 2.15. The molecule has 2 aliphatic rings. The Morgan fingerprint density at radius 2 is 0.857 bits per heavy atom. The monoisotopic (exact) mass is 293 g/mol. The van der Waals surface area contributed by atoms with Crippen molar-refractivity contribution in [3.05, 3.63) is 0 Å². The summed E-state index contributed by atoms with van der Waals surface area (Å²) < 4.78 is 0. The summed E-state index contributed by atoms with van der Waals surface area (Å²) in [5.74, 6) is 1.01. The molecule has 1 aliphatic carbocycles. The fourth-order valence-corrected chi connectivity index (χ4v) is 4.29. The normalized spacial score (nSPS) is 26.3. The van der Waals surface area contributed by atoms with Crippen molar-refractivity contribution in [2.24, 2.45) is 5.92 Å². The van der Waals surface area contributed by atoms with Gasteiger partial charge in [-0.3, -0.25) is 0 Å². The van der Waals surface area contributed by atoms with E-state index in [0.717, 1.165) is 5.92 Å². The average Bonchev–Trinajstić information content (AvgIpc) is 2.52. The summed E-state index contributed by atoms with van der Waals surface area (Å²) in [6.07, 6.45) is 23.8. The molecule has 0 aromatic carbocycles. The molecule has 0 amide bonds. The minimum absolute atomic E-state index is 1.01. The smallest absolute Gasteiger partial charge is 0.000965 e. The fourth-order valence-electron chi connectivity index (χ4n) is 4.29. The van der Waals surface area contributed by atoms with Crippen LogP contribution in [-0.4, -0.2) is 24.5 Å². The van der Waals surface area contributed by atoms with Gasteiger partial charge in [0.25, 0.3) is 0 Å². The van der Waals surface area contributed by atoms with Crippen LogP contribution in [0.2, 0.25) is 0 Å². The zero-order valence-electron chi connectivity index (χ0n) is 14.5. The van der Waals surface area contributed by atoms with Crippen LogP contribution in [0.5, 0.6) is 0 Å². The highest BCUT2D eigenvalue weighted by Crippen LogP contribution is 2.23. The van der Waals surface area contributed by atoms with E-state index in [9.17, 15) is 0 Å². The molecule has 1 aliphatic heterocycles. The lowest BCUT2D eigenvalue weighted by Gasteiger charge is -2.29. The second kappa shape index (κ2) is 11.5. The maximum atomic E-state index is 2.84. The summed E-state index contributed by atoms with van der Waals surface area (Å²) in [6, 6.07) is 0. The largest absolute Gasteiger partial charge is 0.303 e. The molecule has 0 N–H and O–H groups in total. The Morgan fingerprint density at radius 3 is 1.33 bits per heavy atom. The van der Waals surface area contributed by atoms with Gasteiger partial charge in [-0.25, -0.2) is 0 Å². The summed E-state index contributed by atoms with van der Waals surface area (Å²) in [4.78, 5) is 2.84. The minimum Gasteiger partial charge on any atom is -0.303 e. The SMILES string of the molecule is C1CCCCC(CN2CCCCCCCCC2)CCCC1. The first-order valence-corrected chi connectivity index (χ1v) is 10.2. The van der Waals surface area contributed by atoms with Gasteiger partial charge >= 0.3 is 0 Å². The summed E-state index contributed by atoms with van der Waals surface area (Å²) in [5.41, 5.74) is 0. The Bertz CT molecular complexity index is 194. The van der Waals surface area contributed by atoms with E-state index in [2.05, 4.69) is 4.90 Å². The zero-order valence-corrected chi connectivity index (χ0v) is 14.5. The van der Waals surface area contributed by atoms with Gasteiger partial charge in [0.1, 0.15) is 0 Å². The van der Waals surface area contributed by atoms with Gasteiger partial charge in [-0.1, -0.05) is 77.0 Å². The Labute approximate surface area is 133 Å². The quantitative estimate of drug-likeness (QED) is 0.588. The van der Waals surface area contributed by atoms with E-state index in [1.165, 1.54) is 122 Å². The predicted molar refractivity (Wildman–Crippen MR) is 93.8 cm³/mol. The number of nitrogens with zero attached hydrogens (tertiary/aromatic N) is 1. The maximum absolute atomic E-state index is 2.84. The van der Waals surface area contributed by atoms with E-state index in [-0.39, 0.29) is 0 Å².